The average Bonchev–Trinajstić information content (AvgIpc) is 3.39. The molecule has 0 bridgehead atoms. The fourth-order valence-electron chi connectivity index (χ4n) is 6.23. The summed E-state index contributed by atoms with van der Waals surface area (Å²) < 4.78 is 29.8. The number of pyridine rings is 2. The Morgan fingerprint density at radius 1 is 0.952 bits per heavy atom. The van der Waals surface area contributed by atoms with E-state index in [1.54, 1.807) is 30.6 Å². The minimum Gasteiger partial charge on any atom is -0.372 e. The van der Waals surface area contributed by atoms with Crippen LogP contribution in [0.5, 0.6) is 0 Å². The van der Waals surface area contributed by atoms with Gasteiger partial charge in [0.15, 0.2) is 5.82 Å². The number of hydrogen-bond donors (Lipinski definition) is 4. The van der Waals surface area contributed by atoms with Crippen LogP contribution in [0, 0.1) is 17.6 Å². The molecule has 10 heteroatoms. The molecule has 208 valence electrons. The van der Waals surface area contributed by atoms with E-state index in [0.717, 1.165) is 53.8 Å². The van der Waals surface area contributed by atoms with Crippen molar-refractivity contribution in [3.8, 4) is 22.4 Å². The summed E-state index contributed by atoms with van der Waals surface area (Å²) in [4.78, 5) is 21.3. The number of hydrogen-bond acceptors (Lipinski definition) is 6. The van der Waals surface area contributed by atoms with Gasteiger partial charge in [-0.25, -0.2) is 8.78 Å². The van der Waals surface area contributed by atoms with Crippen molar-refractivity contribution in [1.82, 2.24) is 25.5 Å². The Morgan fingerprint density at radius 3 is 2.62 bits per heavy atom. The number of nitrogens with one attached hydrogen (secondary N) is 4. The second kappa shape index (κ2) is 9.47. The first-order valence-corrected chi connectivity index (χ1v) is 14.0. The van der Waals surface area contributed by atoms with Gasteiger partial charge in [0, 0.05) is 28.9 Å². The molecule has 1 atom stereocenters. The van der Waals surface area contributed by atoms with Gasteiger partial charge in [0.2, 0.25) is 5.91 Å². The monoisotopic (exact) mass is 561 g/mol. The van der Waals surface area contributed by atoms with Crippen molar-refractivity contribution in [2.75, 3.05) is 10.6 Å². The summed E-state index contributed by atoms with van der Waals surface area (Å²) >= 11 is 0. The fourth-order valence-corrected chi connectivity index (χ4v) is 6.23. The largest absolute Gasteiger partial charge is 0.372 e. The van der Waals surface area contributed by atoms with Crippen LogP contribution in [0.15, 0.2) is 72.8 Å². The van der Waals surface area contributed by atoms with Crippen molar-refractivity contribution in [3.63, 3.8) is 0 Å². The average molecular weight is 562 g/mol. The first kappa shape index (κ1) is 24.7. The third-order valence-corrected chi connectivity index (χ3v) is 8.37. The van der Waals surface area contributed by atoms with E-state index >= 15 is 4.39 Å². The lowest BCUT2D eigenvalue weighted by Gasteiger charge is -2.19. The molecule has 8 rings (SSSR count). The van der Waals surface area contributed by atoms with E-state index in [-0.39, 0.29) is 29.4 Å². The molecule has 3 aromatic heterocycles. The van der Waals surface area contributed by atoms with Gasteiger partial charge < -0.3 is 16.0 Å². The number of halogens is 2. The molecule has 5 heterocycles. The molecule has 1 saturated carbocycles. The molecule has 5 aromatic rings. The molecule has 1 amide bonds. The number of benzene rings is 2. The second-order valence-corrected chi connectivity index (χ2v) is 11.0. The lowest BCUT2D eigenvalue weighted by molar-refractivity contribution is -0.119. The van der Waals surface area contributed by atoms with Crippen LogP contribution >= 0.6 is 0 Å². The second-order valence-electron chi connectivity index (χ2n) is 11.0. The molecular weight excluding hydrogens is 536 g/mol. The molecule has 1 saturated heterocycles. The molecule has 2 aliphatic heterocycles. The highest BCUT2D eigenvalue weighted by molar-refractivity contribution is 6.00. The first-order chi connectivity index (χ1) is 20.5. The Morgan fingerprint density at radius 2 is 1.79 bits per heavy atom. The first-order valence-electron chi connectivity index (χ1n) is 14.0. The zero-order valence-corrected chi connectivity index (χ0v) is 22.3. The molecule has 42 heavy (non-hydrogen) atoms. The van der Waals surface area contributed by atoms with Crippen LogP contribution in [0.1, 0.15) is 43.0 Å². The molecular formula is C32H25F2N7O. The van der Waals surface area contributed by atoms with Gasteiger partial charge in [0.25, 0.3) is 0 Å². The number of anilines is 2. The van der Waals surface area contributed by atoms with Crippen LogP contribution in [0.4, 0.5) is 20.2 Å². The summed E-state index contributed by atoms with van der Waals surface area (Å²) in [5.41, 5.74) is 7.39. The number of rotatable bonds is 5. The van der Waals surface area contributed by atoms with E-state index < -0.39 is 5.82 Å². The number of aromatic nitrogens is 4. The number of carbonyl (C=O) groups excluding carboxylic acids is 1. The SMILES string of the molecule is O=C(Nc1cncc(-c2ncc3[nH]nc(C4=C5NC5c5c(cccc5-c5ccc(F)cc5)N4)c3c2F)c1)C1CCCC1. The minimum absolute atomic E-state index is 0.00244. The van der Waals surface area contributed by atoms with Crippen molar-refractivity contribution in [3.05, 3.63) is 95.7 Å². The van der Waals surface area contributed by atoms with E-state index in [4.69, 9.17) is 0 Å². The summed E-state index contributed by atoms with van der Waals surface area (Å²) in [5.74, 6) is -0.844. The summed E-state index contributed by atoms with van der Waals surface area (Å²) in [6.45, 7) is 0. The van der Waals surface area contributed by atoms with E-state index in [0.29, 0.717) is 33.5 Å². The lowest BCUT2D eigenvalue weighted by Crippen LogP contribution is -2.20. The van der Waals surface area contributed by atoms with Crippen molar-refractivity contribution in [2.45, 2.75) is 31.7 Å². The summed E-state index contributed by atoms with van der Waals surface area (Å²) in [6.07, 6.45) is 8.54. The van der Waals surface area contributed by atoms with Gasteiger partial charge in [-0.2, -0.15) is 5.10 Å². The van der Waals surface area contributed by atoms with Crippen LogP contribution in [-0.2, 0) is 4.79 Å². The van der Waals surface area contributed by atoms with Gasteiger partial charge >= 0.3 is 0 Å². The van der Waals surface area contributed by atoms with E-state index in [2.05, 4.69) is 36.1 Å². The Hall–Kier alpha value is -5.12. The molecule has 8 nitrogen and oxygen atoms in total. The quantitative estimate of drug-likeness (QED) is 0.181. The molecule has 4 N–H and O–H groups in total. The highest BCUT2D eigenvalue weighted by atomic mass is 19.1. The van der Waals surface area contributed by atoms with Gasteiger partial charge in [0.05, 0.1) is 46.4 Å². The third kappa shape index (κ3) is 4.01. The summed E-state index contributed by atoms with van der Waals surface area (Å²) in [5, 5.41) is 17.5. The van der Waals surface area contributed by atoms with Gasteiger partial charge in [0.1, 0.15) is 17.2 Å². The highest BCUT2D eigenvalue weighted by Gasteiger charge is 2.42. The van der Waals surface area contributed by atoms with Crippen molar-refractivity contribution >= 4 is 33.9 Å². The Balaban J connectivity index is 1.15. The molecule has 2 fully saturated rings. The number of carbonyl (C=O) groups is 1. The standard InChI is InChI=1S/C32H25F2N7O/c33-19-10-8-16(9-11-19)21-6-3-7-22-24(21)28-30(39-28)31(38-22)29-25-23(40-41-29)15-36-27(26(25)34)18-12-20(14-35-13-18)37-32(42)17-4-1-2-5-17/h3,6-15,17,28,38-39H,1-2,4-5H2,(H,37,42)(H,40,41). The maximum Gasteiger partial charge on any atom is 0.227 e. The Bertz CT molecular complexity index is 1930. The predicted octanol–water partition coefficient (Wildman–Crippen LogP) is 6.53. The lowest BCUT2D eigenvalue weighted by atomic mass is 9.93. The molecule has 1 aliphatic carbocycles. The van der Waals surface area contributed by atoms with Crippen LogP contribution < -0.4 is 16.0 Å². The number of fused-ring (bicyclic) bond motifs is 4. The number of amides is 1. The smallest absolute Gasteiger partial charge is 0.227 e. The maximum atomic E-state index is 16.3. The van der Waals surface area contributed by atoms with Gasteiger partial charge in [-0.15, -0.1) is 0 Å². The topological polar surface area (TPSA) is 118 Å². The van der Waals surface area contributed by atoms with Gasteiger partial charge in [-0.3, -0.25) is 19.9 Å². The van der Waals surface area contributed by atoms with Gasteiger partial charge in [-0.05, 0) is 48.2 Å². The zero-order valence-electron chi connectivity index (χ0n) is 22.3. The zero-order chi connectivity index (χ0) is 28.4. The van der Waals surface area contributed by atoms with E-state index in [1.165, 1.54) is 18.3 Å². The van der Waals surface area contributed by atoms with Crippen molar-refractivity contribution in [1.29, 1.82) is 0 Å². The van der Waals surface area contributed by atoms with Crippen LogP contribution in [0.2, 0.25) is 0 Å². The summed E-state index contributed by atoms with van der Waals surface area (Å²) in [6, 6.07) is 14.0. The molecule has 0 spiro atoms. The van der Waals surface area contributed by atoms with Crippen molar-refractivity contribution < 1.29 is 13.6 Å². The molecule has 1 unspecified atom stereocenters. The van der Waals surface area contributed by atoms with E-state index in [9.17, 15) is 9.18 Å². The van der Waals surface area contributed by atoms with Gasteiger partial charge in [-0.1, -0.05) is 37.1 Å². The maximum absolute atomic E-state index is 16.3. The molecule has 3 aliphatic rings. The van der Waals surface area contributed by atoms with Crippen LogP contribution in [0.3, 0.4) is 0 Å². The summed E-state index contributed by atoms with van der Waals surface area (Å²) in [7, 11) is 0. The number of nitrogens with zero attached hydrogens (tertiary/aromatic N) is 3. The number of aromatic amines is 1. The fraction of sp³-hybridized carbons (Fsp3) is 0.188. The molecule has 0 radical (unpaired) electrons. The van der Waals surface area contributed by atoms with Crippen LogP contribution in [-0.4, -0.2) is 26.1 Å². The highest BCUT2D eigenvalue weighted by Crippen LogP contribution is 2.51. The minimum atomic E-state index is -0.532. The number of H-pyrrole nitrogens is 1. The predicted molar refractivity (Wildman–Crippen MR) is 156 cm³/mol. The van der Waals surface area contributed by atoms with Crippen LogP contribution in [0.25, 0.3) is 39.0 Å². The third-order valence-electron chi connectivity index (χ3n) is 8.37. The van der Waals surface area contributed by atoms with E-state index in [1.807, 2.05) is 18.2 Å². The Kier molecular flexibility index (Phi) is 5.56. The van der Waals surface area contributed by atoms with Crippen molar-refractivity contribution in [2.24, 2.45) is 5.92 Å². The molecule has 2 aromatic carbocycles. The Labute approximate surface area is 239 Å². The normalized spacial score (nSPS) is 17.4.